The molecule has 3 aliphatic heterocycles. The van der Waals surface area contributed by atoms with Crippen LogP contribution in [0, 0.1) is 5.92 Å². The van der Waals surface area contributed by atoms with E-state index in [1.807, 2.05) is 0 Å². The largest absolute Gasteiger partial charge is 0.342 e. The third-order valence-corrected chi connectivity index (χ3v) is 7.34. The smallest absolute Gasteiger partial charge is 0.289 e. The lowest BCUT2D eigenvalue weighted by Gasteiger charge is -2.38. The van der Waals surface area contributed by atoms with Crippen LogP contribution in [-0.4, -0.2) is 83.8 Å². The van der Waals surface area contributed by atoms with Gasteiger partial charge in [0, 0.05) is 38.1 Å². The summed E-state index contributed by atoms with van der Waals surface area (Å²) in [4.78, 5) is 39.4. The van der Waals surface area contributed by atoms with Crippen LogP contribution in [0.5, 0.6) is 0 Å². The van der Waals surface area contributed by atoms with Crippen molar-refractivity contribution in [2.75, 3.05) is 38.2 Å². The van der Waals surface area contributed by atoms with E-state index in [1.165, 1.54) is 15.5 Å². The number of piperidine rings is 2. The van der Waals surface area contributed by atoms with Gasteiger partial charge in [0.15, 0.2) is 0 Å². The Labute approximate surface area is 151 Å². The number of thioether (sulfide) groups is 1. The molecule has 0 radical (unpaired) electrons. The molecule has 3 heterocycles. The number of rotatable bonds is 3. The Morgan fingerprint density at radius 2 is 1.64 bits per heavy atom. The molecule has 0 bridgehead atoms. The highest BCUT2D eigenvalue weighted by molar-refractivity contribution is 8.14. The summed E-state index contributed by atoms with van der Waals surface area (Å²) < 4.78 is 24.5. The van der Waals surface area contributed by atoms with Gasteiger partial charge in [0.25, 0.3) is 5.24 Å². The van der Waals surface area contributed by atoms with Crippen LogP contribution in [0.2, 0.25) is 0 Å². The lowest BCUT2D eigenvalue weighted by molar-refractivity contribution is -0.138. The molecule has 3 fully saturated rings. The Balaban J connectivity index is 1.51. The molecule has 140 valence electrons. The highest BCUT2D eigenvalue weighted by Crippen LogP contribution is 2.28. The van der Waals surface area contributed by atoms with Crippen molar-refractivity contribution in [1.82, 2.24) is 14.1 Å². The minimum atomic E-state index is -3.19. The summed E-state index contributed by atoms with van der Waals surface area (Å²) in [6, 6.07) is -0.105. The van der Waals surface area contributed by atoms with Crippen molar-refractivity contribution < 1.29 is 22.8 Å². The second-order valence-corrected chi connectivity index (χ2v) is 9.72. The molecule has 8 nitrogen and oxygen atoms in total. The zero-order valence-electron chi connectivity index (χ0n) is 14.2. The van der Waals surface area contributed by atoms with E-state index in [0.29, 0.717) is 51.9 Å². The number of likely N-dealkylation sites (tertiary alicyclic amines) is 1. The molecule has 0 aliphatic carbocycles. The summed E-state index contributed by atoms with van der Waals surface area (Å²) in [6.45, 7) is 1.86. The first kappa shape index (κ1) is 18.7. The second kappa shape index (κ2) is 7.24. The molecule has 3 saturated heterocycles. The monoisotopic (exact) mass is 389 g/mol. The molecule has 0 aromatic heterocycles. The molecular formula is C15H23N3O5S2. The van der Waals surface area contributed by atoms with E-state index in [0.717, 1.165) is 11.8 Å². The molecule has 0 atom stereocenters. The molecule has 0 unspecified atom stereocenters. The van der Waals surface area contributed by atoms with Crippen molar-refractivity contribution >= 4 is 38.8 Å². The zero-order chi connectivity index (χ0) is 18.2. The van der Waals surface area contributed by atoms with E-state index in [2.05, 4.69) is 0 Å². The number of carbonyl (C=O) groups excluding carboxylic acids is 3. The van der Waals surface area contributed by atoms with E-state index in [9.17, 15) is 22.8 Å². The Morgan fingerprint density at radius 1 is 1.04 bits per heavy atom. The predicted octanol–water partition coefficient (Wildman–Crippen LogP) is 0.344. The number of hydrogen-bond donors (Lipinski definition) is 0. The summed E-state index contributed by atoms with van der Waals surface area (Å²) in [5.74, 6) is 0.0183. The minimum absolute atomic E-state index is 0.0695. The van der Waals surface area contributed by atoms with Gasteiger partial charge >= 0.3 is 0 Å². The fourth-order valence-electron chi connectivity index (χ4n) is 3.75. The first-order valence-corrected chi connectivity index (χ1v) is 11.3. The van der Waals surface area contributed by atoms with Crippen LogP contribution in [0.1, 0.15) is 25.7 Å². The van der Waals surface area contributed by atoms with E-state index < -0.39 is 10.0 Å². The van der Waals surface area contributed by atoms with Crippen molar-refractivity contribution in [2.24, 2.45) is 5.92 Å². The van der Waals surface area contributed by atoms with Crippen molar-refractivity contribution in [3.63, 3.8) is 0 Å². The molecule has 0 aromatic carbocycles. The Hall–Kier alpha value is -1.13. The third-order valence-electron chi connectivity index (χ3n) is 5.20. The van der Waals surface area contributed by atoms with Crippen molar-refractivity contribution in [1.29, 1.82) is 0 Å². The van der Waals surface area contributed by atoms with Crippen LogP contribution in [-0.2, 0) is 19.6 Å². The lowest BCUT2D eigenvalue weighted by Crippen LogP contribution is -2.50. The SMILES string of the molecule is CS(=O)(=O)N1CCC(C(=O)N2CCC(N3C(=O)CSC3=O)CC2)CC1. The Kier molecular flexibility index (Phi) is 5.40. The minimum Gasteiger partial charge on any atom is -0.342 e. The van der Waals surface area contributed by atoms with Gasteiger partial charge in [-0.05, 0) is 25.7 Å². The molecular weight excluding hydrogens is 366 g/mol. The average molecular weight is 389 g/mol. The first-order valence-electron chi connectivity index (χ1n) is 8.50. The fourth-order valence-corrected chi connectivity index (χ4v) is 5.40. The quantitative estimate of drug-likeness (QED) is 0.691. The van der Waals surface area contributed by atoms with Crippen LogP contribution in [0.25, 0.3) is 0 Å². The predicted molar refractivity (Wildman–Crippen MR) is 93.4 cm³/mol. The van der Waals surface area contributed by atoms with Gasteiger partial charge in [-0.2, -0.15) is 0 Å². The van der Waals surface area contributed by atoms with E-state index in [1.54, 1.807) is 4.90 Å². The second-order valence-electron chi connectivity index (χ2n) is 6.81. The maximum absolute atomic E-state index is 12.7. The highest BCUT2D eigenvalue weighted by atomic mass is 32.2. The maximum atomic E-state index is 12.7. The van der Waals surface area contributed by atoms with Gasteiger partial charge in [-0.25, -0.2) is 12.7 Å². The molecule has 3 aliphatic rings. The summed E-state index contributed by atoms with van der Waals surface area (Å²) in [7, 11) is -3.19. The number of sulfonamides is 1. The lowest BCUT2D eigenvalue weighted by atomic mass is 9.94. The van der Waals surface area contributed by atoms with Crippen molar-refractivity contribution in [2.45, 2.75) is 31.7 Å². The van der Waals surface area contributed by atoms with Gasteiger partial charge in [0.05, 0.1) is 12.0 Å². The number of carbonyl (C=O) groups is 3. The maximum Gasteiger partial charge on any atom is 0.289 e. The van der Waals surface area contributed by atoms with Gasteiger partial charge < -0.3 is 4.90 Å². The Morgan fingerprint density at radius 3 is 2.12 bits per heavy atom. The van der Waals surface area contributed by atoms with E-state index in [4.69, 9.17) is 0 Å². The molecule has 3 rings (SSSR count). The normalized spacial score (nSPS) is 25.0. The standard InChI is InChI=1S/C15H23N3O5S2/c1-25(22,23)17-8-2-11(3-9-17)14(20)16-6-4-12(5-7-16)18-13(19)10-24-15(18)21/h11-12H,2-10H2,1H3. The van der Waals surface area contributed by atoms with E-state index >= 15 is 0 Å². The molecule has 25 heavy (non-hydrogen) atoms. The highest BCUT2D eigenvalue weighted by Gasteiger charge is 2.39. The van der Waals surface area contributed by atoms with Gasteiger partial charge in [0.2, 0.25) is 21.8 Å². The van der Waals surface area contributed by atoms with Crippen LogP contribution in [0.15, 0.2) is 0 Å². The molecule has 0 spiro atoms. The summed E-state index contributed by atoms with van der Waals surface area (Å²) in [5, 5.41) is -0.178. The average Bonchev–Trinajstić information content (AvgIpc) is 2.92. The zero-order valence-corrected chi connectivity index (χ0v) is 15.9. The topological polar surface area (TPSA) is 95.1 Å². The van der Waals surface area contributed by atoms with Gasteiger partial charge in [-0.3, -0.25) is 19.3 Å². The van der Waals surface area contributed by atoms with Crippen LogP contribution >= 0.6 is 11.8 Å². The Bertz CT molecular complexity index is 649. The van der Waals surface area contributed by atoms with E-state index in [-0.39, 0.29) is 34.8 Å². The van der Waals surface area contributed by atoms with Gasteiger partial charge in [0.1, 0.15) is 0 Å². The van der Waals surface area contributed by atoms with Gasteiger partial charge in [-0.1, -0.05) is 11.8 Å². The summed E-state index contributed by atoms with van der Waals surface area (Å²) in [6.07, 6.45) is 3.52. The fraction of sp³-hybridized carbons (Fsp3) is 0.800. The number of imide groups is 1. The van der Waals surface area contributed by atoms with Crippen molar-refractivity contribution in [3.8, 4) is 0 Å². The van der Waals surface area contributed by atoms with Crippen LogP contribution in [0.3, 0.4) is 0 Å². The van der Waals surface area contributed by atoms with Crippen LogP contribution < -0.4 is 0 Å². The molecule has 0 aromatic rings. The molecule has 0 saturated carbocycles. The van der Waals surface area contributed by atoms with Crippen LogP contribution in [0.4, 0.5) is 4.79 Å². The first-order chi connectivity index (χ1) is 11.8. The number of amides is 3. The van der Waals surface area contributed by atoms with Gasteiger partial charge in [-0.15, -0.1) is 0 Å². The molecule has 3 amide bonds. The summed E-state index contributed by atoms with van der Waals surface area (Å²) in [5.41, 5.74) is 0. The third kappa shape index (κ3) is 4.01. The molecule has 10 heteroatoms. The number of nitrogens with zero attached hydrogens (tertiary/aromatic N) is 3. The summed E-state index contributed by atoms with van der Waals surface area (Å²) >= 11 is 1.04. The van der Waals surface area contributed by atoms with Crippen molar-refractivity contribution in [3.05, 3.63) is 0 Å². The molecule has 0 N–H and O–H groups in total. The number of hydrogen-bond acceptors (Lipinski definition) is 6.